The van der Waals surface area contributed by atoms with Crippen molar-refractivity contribution in [3.8, 4) is 0 Å². The second kappa shape index (κ2) is 11.0. The van der Waals surface area contributed by atoms with Gasteiger partial charge in [0.05, 0.1) is 32.5 Å². The molecule has 1 spiro atoms. The van der Waals surface area contributed by atoms with Gasteiger partial charge in [-0.05, 0) is 56.9 Å². The minimum atomic E-state index is -0.986. The molecule has 0 radical (unpaired) electrons. The number of nitrogens with zero attached hydrogens (tertiary/aromatic N) is 2. The fourth-order valence-electron chi connectivity index (χ4n) is 4.17. The maximum Gasteiger partial charge on any atom is 0.513 e. The fourth-order valence-corrected chi connectivity index (χ4v) is 4.82. The van der Waals surface area contributed by atoms with E-state index in [1.807, 2.05) is 26.0 Å². The summed E-state index contributed by atoms with van der Waals surface area (Å²) in [5.74, 6) is -0.136. The largest absolute Gasteiger partial charge is 0.513 e. The van der Waals surface area contributed by atoms with E-state index in [9.17, 15) is 9.59 Å². The lowest BCUT2D eigenvalue weighted by atomic mass is 9.85. The van der Waals surface area contributed by atoms with Gasteiger partial charge in [0, 0.05) is 30.2 Å². The molecular weight excluding hydrogens is 496 g/mol. The average Bonchev–Trinajstić information content (AvgIpc) is 2.99. The lowest BCUT2D eigenvalue weighted by Crippen LogP contribution is -2.55. The summed E-state index contributed by atoms with van der Waals surface area (Å²) in [5, 5.41) is 3.15. The molecule has 0 unspecified atom stereocenters. The van der Waals surface area contributed by atoms with Gasteiger partial charge in [-0.15, -0.1) is 0 Å². The van der Waals surface area contributed by atoms with Gasteiger partial charge in [-0.25, -0.2) is 9.86 Å². The Bertz CT molecular complexity index is 926. The van der Waals surface area contributed by atoms with Crippen LogP contribution in [0.3, 0.4) is 0 Å². The summed E-state index contributed by atoms with van der Waals surface area (Å²) in [7, 11) is 3.17. The predicted octanol–water partition coefficient (Wildman–Crippen LogP) is 3.77. The number of carbonyl (C=O) groups is 2. The van der Waals surface area contributed by atoms with Crippen LogP contribution in [-0.4, -0.2) is 74.9 Å². The summed E-state index contributed by atoms with van der Waals surface area (Å²) in [6.07, 6.45) is 0.0330. The molecule has 9 nitrogen and oxygen atoms in total. The Kier molecular flexibility index (Phi) is 8.52. The van der Waals surface area contributed by atoms with E-state index in [4.69, 9.17) is 23.9 Å². The quantitative estimate of drug-likeness (QED) is 0.373. The van der Waals surface area contributed by atoms with Crippen molar-refractivity contribution in [3.05, 3.63) is 39.1 Å². The molecule has 1 aromatic carbocycles. The van der Waals surface area contributed by atoms with Gasteiger partial charge in [0.1, 0.15) is 5.54 Å². The molecule has 10 heteroatoms. The third-order valence-electron chi connectivity index (χ3n) is 6.05. The van der Waals surface area contributed by atoms with Crippen molar-refractivity contribution in [2.45, 2.75) is 39.2 Å². The monoisotopic (exact) mass is 526 g/mol. The van der Waals surface area contributed by atoms with E-state index in [-0.39, 0.29) is 30.5 Å². The van der Waals surface area contributed by atoms with Gasteiger partial charge in [-0.2, -0.15) is 5.06 Å². The zero-order chi connectivity index (χ0) is 24.2. The van der Waals surface area contributed by atoms with Crippen LogP contribution in [-0.2, 0) is 28.7 Å². The van der Waals surface area contributed by atoms with Crippen LogP contribution < -0.4 is 0 Å². The summed E-state index contributed by atoms with van der Waals surface area (Å²) < 4.78 is 16.7. The molecule has 3 rings (SSSR count). The summed E-state index contributed by atoms with van der Waals surface area (Å²) in [6, 6.07) is 3.86. The average molecular weight is 527 g/mol. The van der Waals surface area contributed by atoms with Crippen LogP contribution in [0.2, 0.25) is 0 Å². The molecule has 0 bridgehead atoms. The van der Waals surface area contributed by atoms with Crippen molar-refractivity contribution in [2.24, 2.45) is 0 Å². The van der Waals surface area contributed by atoms with Crippen LogP contribution in [0.4, 0.5) is 4.79 Å². The minimum Gasteiger partial charge on any atom is -0.434 e. The number of amides is 1. The number of benzene rings is 1. The Hall–Kier alpha value is -1.98. The number of carbonyl (C=O) groups excluding carboxylic acids is 2. The first kappa shape index (κ1) is 25.6. The van der Waals surface area contributed by atoms with Crippen molar-refractivity contribution in [1.82, 2.24) is 10.1 Å². The molecule has 0 aromatic heterocycles. The van der Waals surface area contributed by atoms with Gasteiger partial charge in [0.15, 0.2) is 5.76 Å². The minimum absolute atomic E-state index is 0.154. The lowest BCUT2D eigenvalue weighted by Gasteiger charge is -2.43. The van der Waals surface area contributed by atoms with Gasteiger partial charge >= 0.3 is 6.16 Å². The topological polar surface area (TPSA) is 86.8 Å². The Morgan fingerprint density at radius 3 is 2.39 bits per heavy atom. The molecule has 33 heavy (non-hydrogen) atoms. The highest BCUT2D eigenvalue weighted by Crippen LogP contribution is 2.48. The van der Waals surface area contributed by atoms with Gasteiger partial charge in [-0.1, -0.05) is 15.9 Å². The van der Waals surface area contributed by atoms with E-state index in [0.717, 1.165) is 15.6 Å². The first-order chi connectivity index (χ1) is 15.8. The number of hydroxylamine groups is 4. The van der Waals surface area contributed by atoms with E-state index < -0.39 is 11.7 Å². The fraction of sp³-hybridized carbons (Fsp3) is 0.565. The maximum absolute atomic E-state index is 13.8. The van der Waals surface area contributed by atoms with Crippen LogP contribution >= 0.6 is 15.9 Å². The zero-order valence-corrected chi connectivity index (χ0v) is 21.3. The molecule has 0 atom stereocenters. The summed E-state index contributed by atoms with van der Waals surface area (Å²) >= 11 is 3.59. The zero-order valence-electron chi connectivity index (χ0n) is 19.7. The number of ether oxygens (including phenoxy) is 3. The highest BCUT2D eigenvalue weighted by Gasteiger charge is 2.57. The number of halogens is 1. The molecule has 1 aromatic rings. The summed E-state index contributed by atoms with van der Waals surface area (Å²) in [6.45, 7) is 7.33. The molecule has 1 saturated heterocycles. The second-order valence-electron chi connectivity index (χ2n) is 7.97. The van der Waals surface area contributed by atoms with Crippen molar-refractivity contribution in [1.29, 1.82) is 0 Å². The van der Waals surface area contributed by atoms with Crippen LogP contribution in [0, 0.1) is 13.8 Å². The molecule has 0 aliphatic carbocycles. The number of methoxy groups -OCH3 is 1. The standard InChI is InChI=1S/C23H31BrN2O7/c1-6-31-22(28)33-20-19(17-13-15(2)16(3)14-18(17)24)21(27)26(32-12-11-29-4)23(20)7-9-25(30-5)10-8-23/h13-14H,6-12H2,1-5H3. The van der Waals surface area contributed by atoms with E-state index >= 15 is 0 Å². The van der Waals surface area contributed by atoms with Crippen molar-refractivity contribution < 1.29 is 33.5 Å². The van der Waals surface area contributed by atoms with Crippen LogP contribution in [0.25, 0.3) is 5.57 Å². The molecule has 0 saturated carbocycles. The highest BCUT2D eigenvalue weighted by atomic mass is 79.9. The SMILES string of the molecule is CCOC(=O)OC1=C(c2cc(C)c(C)cc2Br)C(=O)N(OCCOC)C12CCN(OC)CC2. The summed E-state index contributed by atoms with van der Waals surface area (Å²) in [4.78, 5) is 37.6. The Labute approximate surface area is 202 Å². The molecule has 0 N–H and O–H groups in total. The Balaban J connectivity index is 2.17. The number of hydrogen-bond donors (Lipinski definition) is 0. The van der Waals surface area contributed by atoms with Crippen molar-refractivity contribution >= 4 is 33.6 Å². The van der Waals surface area contributed by atoms with Gasteiger partial charge < -0.3 is 19.0 Å². The smallest absolute Gasteiger partial charge is 0.434 e. The first-order valence-corrected chi connectivity index (χ1v) is 11.7. The van der Waals surface area contributed by atoms with Crippen molar-refractivity contribution in [2.75, 3.05) is 47.1 Å². The molecule has 2 aliphatic rings. The van der Waals surface area contributed by atoms with Crippen LogP contribution in [0.1, 0.15) is 36.5 Å². The molecule has 2 aliphatic heterocycles. The maximum atomic E-state index is 13.8. The molecule has 1 fully saturated rings. The normalized spacial score (nSPS) is 18.4. The molecule has 182 valence electrons. The van der Waals surface area contributed by atoms with E-state index in [0.29, 0.717) is 38.1 Å². The number of piperidine rings is 1. The third kappa shape index (κ3) is 5.09. The predicted molar refractivity (Wildman–Crippen MR) is 124 cm³/mol. The lowest BCUT2D eigenvalue weighted by molar-refractivity contribution is -0.235. The Morgan fingerprint density at radius 1 is 1.12 bits per heavy atom. The van der Waals surface area contributed by atoms with Gasteiger partial charge in [-0.3, -0.25) is 9.63 Å². The number of aryl methyl sites for hydroxylation is 2. The third-order valence-corrected chi connectivity index (χ3v) is 6.71. The van der Waals surface area contributed by atoms with E-state index in [1.54, 1.807) is 26.2 Å². The van der Waals surface area contributed by atoms with Crippen LogP contribution in [0.15, 0.2) is 22.4 Å². The number of rotatable bonds is 8. The molecule has 2 heterocycles. The molecular formula is C23H31BrN2O7. The highest BCUT2D eigenvalue weighted by molar-refractivity contribution is 9.10. The van der Waals surface area contributed by atoms with E-state index in [2.05, 4.69) is 15.9 Å². The Morgan fingerprint density at radius 2 is 1.79 bits per heavy atom. The second-order valence-corrected chi connectivity index (χ2v) is 8.83. The van der Waals surface area contributed by atoms with Gasteiger partial charge in [0.2, 0.25) is 0 Å². The van der Waals surface area contributed by atoms with Crippen LogP contribution in [0.5, 0.6) is 0 Å². The van der Waals surface area contributed by atoms with Gasteiger partial charge in [0.25, 0.3) is 5.91 Å². The summed E-state index contributed by atoms with van der Waals surface area (Å²) in [5.41, 5.74) is 2.00. The first-order valence-electron chi connectivity index (χ1n) is 10.9. The molecule has 1 amide bonds. The number of hydrogen-bond acceptors (Lipinski definition) is 8. The van der Waals surface area contributed by atoms with Crippen molar-refractivity contribution in [3.63, 3.8) is 0 Å². The van der Waals surface area contributed by atoms with E-state index in [1.165, 1.54) is 5.06 Å².